The minimum atomic E-state index is 0.204. The Bertz CT molecular complexity index is 1430. The van der Waals surface area contributed by atoms with Crippen LogP contribution in [0.15, 0.2) is 121 Å². The Balaban J connectivity index is 0.000000142. The summed E-state index contributed by atoms with van der Waals surface area (Å²) in [4.78, 5) is 0. The Morgan fingerprint density at radius 1 is 0.412 bits per heavy atom. The number of hydrogen-bond donors (Lipinski definition) is 2. The summed E-state index contributed by atoms with van der Waals surface area (Å²) in [5, 5.41) is 24.1. The number of benzene rings is 6. The van der Waals surface area contributed by atoms with E-state index < -0.39 is 0 Å². The van der Waals surface area contributed by atoms with Crippen molar-refractivity contribution in [3.05, 3.63) is 133 Å². The van der Waals surface area contributed by atoms with Gasteiger partial charge < -0.3 is 10.2 Å². The third-order valence-electron chi connectivity index (χ3n) is 5.71. The fourth-order valence-electron chi connectivity index (χ4n) is 3.99. The Morgan fingerprint density at radius 3 is 1.18 bits per heavy atom. The molecule has 0 heterocycles. The normalized spacial score (nSPS) is 10.6. The summed E-state index contributed by atoms with van der Waals surface area (Å²) in [6, 6.07) is 45.5. The molecule has 2 nitrogen and oxygen atoms in total. The summed E-state index contributed by atoms with van der Waals surface area (Å²) in [5.74, 6) is 0.407. The molecule has 0 fully saturated rings. The van der Waals surface area contributed by atoms with Crippen LogP contribution in [0.5, 0.6) is 11.5 Å². The molecule has 0 bridgehead atoms. The maximum absolute atomic E-state index is 10.0. The summed E-state index contributed by atoms with van der Waals surface area (Å²) in [7, 11) is 0. The Kier molecular flexibility index (Phi) is 5.96. The number of aromatic hydroxyl groups is 2. The summed E-state index contributed by atoms with van der Waals surface area (Å²) >= 11 is 0. The Morgan fingerprint density at radius 2 is 0.765 bits per heavy atom. The van der Waals surface area contributed by atoms with Crippen molar-refractivity contribution in [3.8, 4) is 33.8 Å². The van der Waals surface area contributed by atoms with E-state index in [0.29, 0.717) is 0 Å². The van der Waals surface area contributed by atoms with Crippen molar-refractivity contribution in [1.29, 1.82) is 0 Å². The lowest BCUT2D eigenvalue weighted by Crippen LogP contribution is -1.81. The molecule has 2 N–H and O–H groups in total. The van der Waals surface area contributed by atoms with Crippen LogP contribution in [-0.2, 0) is 0 Å². The molecule has 0 amide bonds. The van der Waals surface area contributed by atoms with Crippen LogP contribution in [0, 0.1) is 12.1 Å². The van der Waals surface area contributed by atoms with Crippen LogP contribution in [0.2, 0.25) is 0 Å². The van der Waals surface area contributed by atoms with Gasteiger partial charge in [0.1, 0.15) is 11.5 Å². The molecule has 6 rings (SSSR count). The topological polar surface area (TPSA) is 40.5 Å². The van der Waals surface area contributed by atoms with Gasteiger partial charge in [-0.1, -0.05) is 109 Å². The van der Waals surface area contributed by atoms with Gasteiger partial charge in [-0.2, -0.15) is 0 Å². The van der Waals surface area contributed by atoms with E-state index in [1.165, 1.54) is 0 Å². The second kappa shape index (κ2) is 9.51. The Labute approximate surface area is 199 Å². The van der Waals surface area contributed by atoms with Gasteiger partial charge in [0.15, 0.2) is 0 Å². The van der Waals surface area contributed by atoms with Gasteiger partial charge >= 0.3 is 0 Å². The lowest BCUT2D eigenvalue weighted by atomic mass is 10.0. The van der Waals surface area contributed by atoms with E-state index in [0.717, 1.165) is 43.8 Å². The highest BCUT2D eigenvalue weighted by atomic mass is 16.3. The molecule has 0 unspecified atom stereocenters. The molecule has 2 heteroatoms. The van der Waals surface area contributed by atoms with Gasteiger partial charge in [0.05, 0.1) is 0 Å². The van der Waals surface area contributed by atoms with Gasteiger partial charge in [-0.15, -0.1) is 0 Å². The van der Waals surface area contributed by atoms with Crippen molar-refractivity contribution in [1.82, 2.24) is 0 Å². The molecule has 6 aromatic rings. The standard InChI is InChI=1S/2C16H11O/c2*17-16-11-14-9-5-4-8-13(14)10-15(16)12-6-2-1-3-7-12/h2*1-10,17H. The number of fused-ring (bicyclic) bond motifs is 2. The Hall–Kier alpha value is -4.56. The van der Waals surface area contributed by atoms with E-state index in [4.69, 9.17) is 0 Å². The van der Waals surface area contributed by atoms with E-state index >= 15 is 0 Å². The van der Waals surface area contributed by atoms with Crippen molar-refractivity contribution in [2.24, 2.45) is 0 Å². The van der Waals surface area contributed by atoms with Crippen LogP contribution in [-0.4, -0.2) is 10.2 Å². The third-order valence-corrected chi connectivity index (χ3v) is 5.71. The monoisotopic (exact) mass is 438 g/mol. The number of hydrogen-bond acceptors (Lipinski definition) is 2. The molecule has 0 aliphatic carbocycles. The first-order chi connectivity index (χ1) is 16.7. The average molecular weight is 439 g/mol. The van der Waals surface area contributed by atoms with Crippen molar-refractivity contribution < 1.29 is 10.2 Å². The van der Waals surface area contributed by atoms with Crippen LogP contribution < -0.4 is 0 Å². The van der Waals surface area contributed by atoms with Gasteiger partial charge in [-0.25, -0.2) is 0 Å². The molecule has 0 saturated heterocycles. The van der Waals surface area contributed by atoms with Crippen molar-refractivity contribution in [2.45, 2.75) is 0 Å². The lowest BCUT2D eigenvalue weighted by molar-refractivity contribution is 0.476. The predicted molar refractivity (Wildman–Crippen MR) is 140 cm³/mol. The van der Waals surface area contributed by atoms with Gasteiger partial charge in [0, 0.05) is 23.3 Å². The number of phenols is 2. The van der Waals surface area contributed by atoms with Gasteiger partial charge in [0.25, 0.3) is 0 Å². The smallest absolute Gasteiger partial charge is 0.132 e. The molecule has 2 radical (unpaired) electrons. The van der Waals surface area contributed by atoms with E-state index in [1.807, 2.05) is 121 Å². The quantitative estimate of drug-likeness (QED) is 0.287. The maximum atomic E-state index is 10.0. The van der Waals surface area contributed by atoms with E-state index in [-0.39, 0.29) is 11.5 Å². The highest BCUT2D eigenvalue weighted by Gasteiger charge is 2.07. The van der Waals surface area contributed by atoms with Crippen LogP contribution in [0.4, 0.5) is 0 Å². The molecular formula is C32H22O2. The summed E-state index contributed by atoms with van der Waals surface area (Å²) in [6.45, 7) is 0. The highest BCUT2D eigenvalue weighted by Crippen LogP contribution is 2.33. The zero-order valence-corrected chi connectivity index (χ0v) is 18.4. The summed E-state index contributed by atoms with van der Waals surface area (Å²) in [6.07, 6.45) is 0. The minimum Gasteiger partial charge on any atom is -0.507 e. The van der Waals surface area contributed by atoms with E-state index in [2.05, 4.69) is 12.1 Å². The van der Waals surface area contributed by atoms with E-state index in [9.17, 15) is 10.2 Å². The summed E-state index contributed by atoms with van der Waals surface area (Å²) in [5.41, 5.74) is 3.66. The molecule has 0 aliphatic rings. The van der Waals surface area contributed by atoms with Crippen molar-refractivity contribution >= 4 is 21.5 Å². The molecule has 0 atom stereocenters. The average Bonchev–Trinajstić information content (AvgIpc) is 2.89. The van der Waals surface area contributed by atoms with Gasteiger partial charge in [-0.3, -0.25) is 0 Å². The van der Waals surface area contributed by atoms with E-state index in [1.54, 1.807) is 0 Å². The molecule has 162 valence electrons. The second-order valence-electron chi connectivity index (χ2n) is 7.97. The van der Waals surface area contributed by atoms with Crippen LogP contribution in [0.1, 0.15) is 0 Å². The van der Waals surface area contributed by atoms with Crippen LogP contribution in [0.3, 0.4) is 0 Å². The predicted octanol–water partition coefficient (Wildman–Crippen LogP) is 8.03. The first-order valence-electron chi connectivity index (χ1n) is 11.1. The zero-order valence-electron chi connectivity index (χ0n) is 18.4. The molecule has 0 spiro atoms. The van der Waals surface area contributed by atoms with Gasteiger partial charge in [0.2, 0.25) is 0 Å². The largest absolute Gasteiger partial charge is 0.507 e. The zero-order chi connectivity index (χ0) is 23.3. The molecule has 34 heavy (non-hydrogen) atoms. The molecule has 0 aromatic heterocycles. The van der Waals surface area contributed by atoms with Crippen molar-refractivity contribution in [3.63, 3.8) is 0 Å². The molecule has 0 saturated carbocycles. The highest BCUT2D eigenvalue weighted by molar-refractivity contribution is 5.90. The van der Waals surface area contributed by atoms with Crippen LogP contribution >= 0.6 is 0 Å². The second-order valence-corrected chi connectivity index (χ2v) is 7.97. The fourth-order valence-corrected chi connectivity index (χ4v) is 3.99. The lowest BCUT2D eigenvalue weighted by Gasteiger charge is -2.06. The SMILES string of the molecule is Oc1[c]c2ccccc2cc1-c1ccccc1.Oc1[c]c2ccccc2cc1-c1ccccc1. The third kappa shape index (κ3) is 4.48. The summed E-state index contributed by atoms with van der Waals surface area (Å²) < 4.78 is 0. The molecule has 6 aromatic carbocycles. The molecular weight excluding hydrogens is 416 g/mol. The van der Waals surface area contributed by atoms with Gasteiger partial charge in [-0.05, 0) is 44.8 Å². The van der Waals surface area contributed by atoms with Crippen LogP contribution in [0.25, 0.3) is 43.8 Å². The molecule has 0 aliphatic heterocycles. The fraction of sp³-hybridized carbons (Fsp3) is 0. The minimum absolute atomic E-state index is 0.204. The maximum Gasteiger partial charge on any atom is 0.132 e. The number of rotatable bonds is 2. The first-order valence-corrected chi connectivity index (χ1v) is 11.1. The number of phenolic OH excluding ortho intramolecular Hbond substituents is 2. The first kappa shape index (κ1) is 21.3. The van der Waals surface area contributed by atoms with Crippen molar-refractivity contribution in [2.75, 3.05) is 0 Å².